The predicted molar refractivity (Wildman–Crippen MR) is 174 cm³/mol. The normalized spacial score (nSPS) is 19.0. The third-order valence-corrected chi connectivity index (χ3v) is 8.95. The molecule has 1 amide bonds. The van der Waals surface area contributed by atoms with Gasteiger partial charge in [-0.15, -0.1) is 0 Å². The van der Waals surface area contributed by atoms with E-state index in [0.29, 0.717) is 6.04 Å². The first-order valence-corrected chi connectivity index (χ1v) is 15.8. The van der Waals surface area contributed by atoms with E-state index in [4.69, 9.17) is 4.98 Å². The molecular weight excluding hydrogens is 546 g/mol. The van der Waals surface area contributed by atoms with E-state index < -0.39 is 0 Å². The highest BCUT2D eigenvalue weighted by atomic mass is 16.2. The molecule has 8 heteroatoms. The van der Waals surface area contributed by atoms with Gasteiger partial charge in [0.25, 0.3) is 0 Å². The van der Waals surface area contributed by atoms with Crippen molar-refractivity contribution >= 4 is 5.91 Å². The van der Waals surface area contributed by atoms with Gasteiger partial charge in [-0.3, -0.25) is 4.79 Å². The number of likely N-dealkylation sites (N-methyl/N-ethyl adjacent to an activating group) is 1. The monoisotopic (exact) mass is 585 g/mol. The Kier molecular flexibility index (Phi) is 8.09. The molecule has 3 aromatic carbocycles. The number of hydrogen-bond donors (Lipinski definition) is 4. The molecule has 1 unspecified atom stereocenters. The summed E-state index contributed by atoms with van der Waals surface area (Å²) in [5.74, 6) is 1.98. The van der Waals surface area contributed by atoms with Gasteiger partial charge >= 0.3 is 0 Å². The molecule has 4 heterocycles. The summed E-state index contributed by atoms with van der Waals surface area (Å²) in [6.45, 7) is 4.55. The third kappa shape index (κ3) is 5.70. The first-order valence-electron chi connectivity index (χ1n) is 15.8. The van der Waals surface area contributed by atoms with Crippen LogP contribution in [0.3, 0.4) is 0 Å². The highest BCUT2D eigenvalue weighted by molar-refractivity contribution is 5.84. The molecule has 0 spiro atoms. The second kappa shape index (κ2) is 12.6. The zero-order valence-electron chi connectivity index (χ0n) is 25.1. The van der Waals surface area contributed by atoms with Crippen molar-refractivity contribution in [3.63, 3.8) is 0 Å². The molecule has 7 rings (SSSR count). The molecule has 0 saturated carbocycles. The Morgan fingerprint density at radius 1 is 0.818 bits per heavy atom. The van der Waals surface area contributed by atoms with E-state index in [1.165, 1.54) is 6.42 Å². The Bertz CT molecular complexity index is 1680. The van der Waals surface area contributed by atoms with Gasteiger partial charge in [0, 0.05) is 6.54 Å². The second-order valence-electron chi connectivity index (χ2n) is 11.8. The van der Waals surface area contributed by atoms with Crippen LogP contribution in [0.2, 0.25) is 0 Å². The van der Waals surface area contributed by atoms with Gasteiger partial charge < -0.3 is 25.5 Å². The van der Waals surface area contributed by atoms with Crippen LogP contribution in [0.4, 0.5) is 0 Å². The fraction of sp³-hybridized carbons (Fsp3) is 0.306. The van der Waals surface area contributed by atoms with Gasteiger partial charge in [0.05, 0.1) is 35.9 Å². The highest BCUT2D eigenvalue weighted by Crippen LogP contribution is 2.34. The summed E-state index contributed by atoms with van der Waals surface area (Å²) in [5, 5.41) is 6.89. The van der Waals surface area contributed by atoms with Crippen molar-refractivity contribution < 1.29 is 4.79 Å². The second-order valence-corrected chi connectivity index (χ2v) is 11.8. The lowest BCUT2D eigenvalue weighted by Gasteiger charge is -2.28. The standard InChI is InChI=1S/C36H39N7O/c1-2-37-33(28-8-4-3-5-9-28)36(44)43-21-7-11-32(43)35-40-23-31(42-35)27-18-14-25(15-19-27)24-12-16-26(17-13-24)30-22-39-34(41-30)29-10-6-20-38-29/h3-5,8-9,12-19,22-23,29,32-33,37-38H,2,6-7,10-11,20-21H2,1H3,(H,39,41)(H,40,42)/t29-,32?,33+/m0/s1. The average Bonchev–Trinajstić information content (AvgIpc) is 3.91. The molecule has 0 radical (unpaired) electrons. The number of carbonyl (C=O) groups excluding carboxylic acids is 1. The first kappa shape index (κ1) is 28.3. The van der Waals surface area contributed by atoms with Crippen molar-refractivity contribution in [1.29, 1.82) is 0 Å². The van der Waals surface area contributed by atoms with Crippen molar-refractivity contribution in [3.8, 4) is 33.6 Å². The van der Waals surface area contributed by atoms with Gasteiger partial charge in [-0.05, 0) is 66.6 Å². The quantitative estimate of drug-likeness (QED) is 0.157. The molecular formula is C36H39N7O. The minimum absolute atomic E-state index is 0.0562. The largest absolute Gasteiger partial charge is 0.341 e. The van der Waals surface area contributed by atoms with Gasteiger partial charge in [0.2, 0.25) is 5.91 Å². The number of benzene rings is 3. The van der Waals surface area contributed by atoms with Crippen LogP contribution in [-0.2, 0) is 4.79 Å². The van der Waals surface area contributed by atoms with Gasteiger partial charge in [-0.2, -0.15) is 0 Å². The maximum atomic E-state index is 13.7. The summed E-state index contributed by atoms with van der Waals surface area (Å²) < 4.78 is 0. The average molecular weight is 586 g/mol. The lowest BCUT2D eigenvalue weighted by atomic mass is 10.0. The zero-order chi connectivity index (χ0) is 29.9. The Labute approximate surface area is 258 Å². The number of nitrogens with one attached hydrogen (secondary N) is 4. The Hall–Kier alpha value is -4.53. The Morgan fingerprint density at radius 3 is 2.05 bits per heavy atom. The molecule has 2 saturated heterocycles. The van der Waals surface area contributed by atoms with Crippen molar-refractivity contribution in [3.05, 3.63) is 108 Å². The van der Waals surface area contributed by atoms with E-state index in [0.717, 1.165) is 89.8 Å². The molecule has 8 nitrogen and oxygen atoms in total. The zero-order valence-corrected chi connectivity index (χ0v) is 25.1. The van der Waals surface area contributed by atoms with Crippen LogP contribution < -0.4 is 10.6 Å². The number of aromatic amines is 2. The minimum atomic E-state index is -0.357. The molecule has 0 aliphatic carbocycles. The van der Waals surface area contributed by atoms with Crippen LogP contribution in [0.25, 0.3) is 33.6 Å². The van der Waals surface area contributed by atoms with Crippen LogP contribution in [-0.4, -0.2) is 50.4 Å². The maximum Gasteiger partial charge on any atom is 0.244 e. The van der Waals surface area contributed by atoms with Crippen LogP contribution in [0.5, 0.6) is 0 Å². The number of rotatable bonds is 9. The third-order valence-electron chi connectivity index (χ3n) is 8.95. The van der Waals surface area contributed by atoms with E-state index in [-0.39, 0.29) is 18.0 Å². The van der Waals surface area contributed by atoms with Crippen LogP contribution in [0.15, 0.2) is 91.3 Å². The lowest BCUT2D eigenvalue weighted by Crippen LogP contribution is -2.40. The predicted octanol–water partition coefficient (Wildman–Crippen LogP) is 6.57. The molecule has 2 aliphatic rings. The SMILES string of the molecule is CCN[C@@H](C(=O)N1CCCC1c1ncc(-c2ccc(-c3ccc(-c4cnc([C@@H]5CCCN5)[nH]4)cc3)cc2)[nH]1)c1ccccc1. The van der Waals surface area contributed by atoms with Gasteiger partial charge in [0.15, 0.2) is 0 Å². The summed E-state index contributed by atoms with van der Waals surface area (Å²) in [7, 11) is 0. The van der Waals surface area contributed by atoms with Crippen LogP contribution in [0.1, 0.15) is 67.9 Å². The van der Waals surface area contributed by atoms with Crippen molar-refractivity contribution in [2.75, 3.05) is 19.6 Å². The van der Waals surface area contributed by atoms with Gasteiger partial charge in [0.1, 0.15) is 17.7 Å². The van der Waals surface area contributed by atoms with E-state index in [1.54, 1.807) is 0 Å². The first-order chi connectivity index (χ1) is 21.7. The molecule has 224 valence electrons. The number of hydrogen-bond acceptors (Lipinski definition) is 5. The molecule has 2 aliphatic heterocycles. The van der Waals surface area contributed by atoms with Crippen molar-refractivity contribution in [2.45, 2.75) is 50.7 Å². The topological polar surface area (TPSA) is 102 Å². The minimum Gasteiger partial charge on any atom is -0.341 e. The number of carbonyl (C=O) groups is 1. The summed E-state index contributed by atoms with van der Waals surface area (Å²) in [6, 6.07) is 27.1. The molecule has 2 aromatic heterocycles. The smallest absolute Gasteiger partial charge is 0.244 e. The maximum absolute atomic E-state index is 13.7. The summed E-state index contributed by atoms with van der Waals surface area (Å²) in [4.78, 5) is 32.1. The molecule has 0 bridgehead atoms. The van der Waals surface area contributed by atoms with Crippen LogP contribution >= 0.6 is 0 Å². The lowest BCUT2D eigenvalue weighted by molar-refractivity contribution is -0.134. The number of nitrogens with zero attached hydrogens (tertiary/aromatic N) is 3. The molecule has 2 fully saturated rings. The summed E-state index contributed by atoms with van der Waals surface area (Å²) >= 11 is 0. The fourth-order valence-electron chi connectivity index (χ4n) is 6.59. The summed E-state index contributed by atoms with van der Waals surface area (Å²) in [5.41, 5.74) is 7.52. The molecule has 5 aromatic rings. The number of amides is 1. The van der Waals surface area contributed by atoms with Crippen molar-refractivity contribution in [2.24, 2.45) is 0 Å². The molecule has 3 atom stereocenters. The Morgan fingerprint density at radius 2 is 1.43 bits per heavy atom. The highest BCUT2D eigenvalue weighted by Gasteiger charge is 2.36. The number of aromatic nitrogens is 4. The van der Waals surface area contributed by atoms with E-state index in [1.807, 2.05) is 54.5 Å². The number of imidazole rings is 2. The van der Waals surface area contributed by atoms with E-state index in [9.17, 15) is 4.79 Å². The fourth-order valence-corrected chi connectivity index (χ4v) is 6.59. The summed E-state index contributed by atoms with van der Waals surface area (Å²) in [6.07, 6.45) is 8.02. The van der Waals surface area contributed by atoms with E-state index >= 15 is 0 Å². The van der Waals surface area contributed by atoms with E-state index in [2.05, 4.69) is 74.1 Å². The molecule has 4 N–H and O–H groups in total. The van der Waals surface area contributed by atoms with Crippen LogP contribution in [0, 0.1) is 0 Å². The number of likely N-dealkylation sites (tertiary alicyclic amines) is 1. The Balaban J connectivity index is 1.04. The van der Waals surface area contributed by atoms with Gasteiger partial charge in [-0.1, -0.05) is 85.8 Å². The molecule has 44 heavy (non-hydrogen) atoms. The van der Waals surface area contributed by atoms with Gasteiger partial charge in [-0.25, -0.2) is 9.97 Å². The van der Waals surface area contributed by atoms with Crippen molar-refractivity contribution in [1.82, 2.24) is 35.5 Å². The number of H-pyrrole nitrogens is 2.